The molecule has 1 saturated carbocycles. The van der Waals surface area contributed by atoms with E-state index in [0.717, 1.165) is 25.9 Å². The van der Waals surface area contributed by atoms with E-state index < -0.39 is 5.54 Å². The normalized spacial score (nSPS) is 32.5. The molecule has 4 heteroatoms. The lowest BCUT2D eigenvalue weighted by Crippen LogP contribution is -2.58. The first-order valence-electron chi connectivity index (χ1n) is 6.38. The lowest BCUT2D eigenvalue weighted by molar-refractivity contribution is -0.125. The predicted octanol–water partition coefficient (Wildman–Crippen LogP) is 0.943. The summed E-state index contributed by atoms with van der Waals surface area (Å²) in [5, 5.41) is 3.52. The molecule has 0 spiro atoms. The molecule has 2 rings (SSSR count). The summed E-state index contributed by atoms with van der Waals surface area (Å²) in [6.07, 6.45) is 7.35. The molecule has 92 valence electrons. The van der Waals surface area contributed by atoms with E-state index in [0.29, 0.717) is 12.6 Å². The van der Waals surface area contributed by atoms with Gasteiger partial charge in [0.05, 0.1) is 0 Å². The fourth-order valence-corrected chi connectivity index (χ4v) is 2.87. The third-order valence-electron chi connectivity index (χ3n) is 3.87. The number of nitrogens with two attached hydrogens (primary N) is 1. The van der Waals surface area contributed by atoms with Gasteiger partial charge in [-0.15, -0.1) is 0 Å². The number of rotatable bonds is 3. The van der Waals surface area contributed by atoms with Gasteiger partial charge >= 0.3 is 0 Å². The minimum atomic E-state index is -0.508. The second-order valence-electron chi connectivity index (χ2n) is 5.04. The summed E-state index contributed by atoms with van der Waals surface area (Å²) in [5.41, 5.74) is 5.08. The molecule has 1 unspecified atom stereocenters. The second-order valence-corrected chi connectivity index (χ2v) is 5.04. The van der Waals surface area contributed by atoms with Crippen LogP contribution in [-0.4, -0.2) is 30.7 Å². The van der Waals surface area contributed by atoms with Crippen LogP contribution < -0.4 is 11.1 Å². The second kappa shape index (κ2) is 5.15. The van der Waals surface area contributed by atoms with Crippen LogP contribution in [0, 0.1) is 0 Å². The van der Waals surface area contributed by atoms with E-state index in [-0.39, 0.29) is 5.91 Å². The lowest BCUT2D eigenvalue weighted by atomic mass is 9.88. The van der Waals surface area contributed by atoms with Crippen molar-refractivity contribution in [3.05, 3.63) is 0 Å². The molecule has 0 aromatic carbocycles. The summed E-state index contributed by atoms with van der Waals surface area (Å²) in [7, 11) is 0. The van der Waals surface area contributed by atoms with Crippen molar-refractivity contribution in [2.75, 3.05) is 13.2 Å². The average Bonchev–Trinajstić information content (AvgIpc) is 2.62. The van der Waals surface area contributed by atoms with Crippen LogP contribution in [0.15, 0.2) is 0 Å². The molecule has 2 aliphatic rings. The molecule has 0 radical (unpaired) electrons. The van der Waals surface area contributed by atoms with Crippen LogP contribution in [0.3, 0.4) is 0 Å². The minimum Gasteiger partial charge on any atom is -0.381 e. The molecule has 1 saturated heterocycles. The summed E-state index contributed by atoms with van der Waals surface area (Å²) in [6.45, 7) is 1.39. The van der Waals surface area contributed by atoms with Crippen molar-refractivity contribution >= 4 is 5.91 Å². The van der Waals surface area contributed by atoms with E-state index in [9.17, 15) is 4.79 Å². The van der Waals surface area contributed by atoms with Gasteiger partial charge in [-0.05, 0) is 32.1 Å². The number of amides is 1. The van der Waals surface area contributed by atoms with Gasteiger partial charge in [0.15, 0.2) is 0 Å². The van der Waals surface area contributed by atoms with E-state index in [1.54, 1.807) is 0 Å². The van der Waals surface area contributed by atoms with E-state index >= 15 is 0 Å². The van der Waals surface area contributed by atoms with Gasteiger partial charge in [-0.25, -0.2) is 0 Å². The Balaban J connectivity index is 2.03. The Bertz CT molecular complexity index is 241. The summed E-state index contributed by atoms with van der Waals surface area (Å²) in [6, 6.07) is 0.477. The number of ether oxygens (including phenoxy) is 1. The maximum Gasteiger partial charge on any atom is 0.237 e. The molecular weight excluding hydrogens is 204 g/mol. The van der Waals surface area contributed by atoms with E-state index in [1.165, 1.54) is 25.7 Å². The zero-order valence-corrected chi connectivity index (χ0v) is 9.84. The van der Waals surface area contributed by atoms with Gasteiger partial charge in [-0.3, -0.25) is 4.79 Å². The first kappa shape index (κ1) is 11.9. The van der Waals surface area contributed by atoms with Gasteiger partial charge in [0.25, 0.3) is 0 Å². The summed E-state index contributed by atoms with van der Waals surface area (Å²) in [5.74, 6) is -0.204. The number of primary amides is 1. The maximum absolute atomic E-state index is 11.7. The van der Waals surface area contributed by atoms with Crippen molar-refractivity contribution in [1.29, 1.82) is 0 Å². The molecule has 16 heavy (non-hydrogen) atoms. The molecule has 3 N–H and O–H groups in total. The summed E-state index contributed by atoms with van der Waals surface area (Å²) in [4.78, 5) is 11.7. The Morgan fingerprint density at radius 2 is 1.94 bits per heavy atom. The highest BCUT2D eigenvalue weighted by molar-refractivity contribution is 5.84. The van der Waals surface area contributed by atoms with Gasteiger partial charge in [0.2, 0.25) is 5.91 Å². The van der Waals surface area contributed by atoms with Crippen molar-refractivity contribution in [2.45, 2.75) is 56.5 Å². The standard InChI is InChI=1S/C12H22N2O2/c13-11(15)12(6-3-8-16-9-7-12)14-10-4-1-2-5-10/h10,14H,1-9H2,(H2,13,15). The summed E-state index contributed by atoms with van der Waals surface area (Å²) < 4.78 is 5.42. The van der Waals surface area contributed by atoms with E-state index in [1.807, 2.05) is 0 Å². The Labute approximate surface area is 96.9 Å². The fourth-order valence-electron chi connectivity index (χ4n) is 2.87. The van der Waals surface area contributed by atoms with Gasteiger partial charge in [0.1, 0.15) is 5.54 Å². The Hall–Kier alpha value is -0.610. The molecule has 0 aromatic rings. The monoisotopic (exact) mass is 226 g/mol. The van der Waals surface area contributed by atoms with Gasteiger partial charge in [0, 0.05) is 19.3 Å². The maximum atomic E-state index is 11.7. The first-order chi connectivity index (χ1) is 7.73. The number of hydrogen-bond donors (Lipinski definition) is 2. The molecule has 1 atom stereocenters. The van der Waals surface area contributed by atoms with Crippen molar-refractivity contribution in [3.63, 3.8) is 0 Å². The third kappa shape index (κ3) is 2.55. The van der Waals surface area contributed by atoms with Crippen molar-refractivity contribution < 1.29 is 9.53 Å². The first-order valence-corrected chi connectivity index (χ1v) is 6.38. The zero-order valence-electron chi connectivity index (χ0n) is 9.84. The summed E-state index contributed by atoms with van der Waals surface area (Å²) >= 11 is 0. The van der Waals surface area contributed by atoms with Gasteiger partial charge in [-0.2, -0.15) is 0 Å². The number of hydrogen-bond acceptors (Lipinski definition) is 3. The van der Waals surface area contributed by atoms with Crippen molar-refractivity contribution in [2.24, 2.45) is 5.73 Å². The van der Waals surface area contributed by atoms with Crippen LogP contribution in [0.5, 0.6) is 0 Å². The molecule has 4 nitrogen and oxygen atoms in total. The highest BCUT2D eigenvalue weighted by Gasteiger charge is 2.39. The van der Waals surface area contributed by atoms with Crippen LogP contribution in [-0.2, 0) is 9.53 Å². The van der Waals surface area contributed by atoms with Crippen molar-refractivity contribution in [1.82, 2.24) is 5.32 Å². The lowest BCUT2D eigenvalue weighted by Gasteiger charge is -2.33. The van der Waals surface area contributed by atoms with Crippen LogP contribution in [0.1, 0.15) is 44.9 Å². The SMILES string of the molecule is NC(=O)C1(NC2CCCC2)CCCOCC1. The molecule has 1 amide bonds. The van der Waals surface area contributed by atoms with Gasteiger partial charge in [-0.1, -0.05) is 12.8 Å². The number of nitrogens with one attached hydrogen (secondary N) is 1. The molecule has 0 bridgehead atoms. The molecule has 1 heterocycles. The third-order valence-corrected chi connectivity index (χ3v) is 3.87. The van der Waals surface area contributed by atoms with E-state index in [4.69, 9.17) is 10.5 Å². The van der Waals surface area contributed by atoms with Crippen LogP contribution in [0.2, 0.25) is 0 Å². The smallest absolute Gasteiger partial charge is 0.237 e. The van der Waals surface area contributed by atoms with Crippen LogP contribution in [0.4, 0.5) is 0 Å². The highest BCUT2D eigenvalue weighted by atomic mass is 16.5. The van der Waals surface area contributed by atoms with Crippen LogP contribution >= 0.6 is 0 Å². The average molecular weight is 226 g/mol. The van der Waals surface area contributed by atoms with Gasteiger partial charge < -0.3 is 15.8 Å². The quantitative estimate of drug-likeness (QED) is 0.753. The van der Waals surface area contributed by atoms with Crippen LogP contribution in [0.25, 0.3) is 0 Å². The van der Waals surface area contributed by atoms with E-state index in [2.05, 4.69) is 5.32 Å². The molecule has 2 fully saturated rings. The molecule has 1 aliphatic heterocycles. The highest BCUT2D eigenvalue weighted by Crippen LogP contribution is 2.26. The minimum absolute atomic E-state index is 0.204. The fraction of sp³-hybridized carbons (Fsp3) is 0.917. The zero-order chi connectivity index (χ0) is 11.4. The van der Waals surface area contributed by atoms with Crippen molar-refractivity contribution in [3.8, 4) is 0 Å². The molecule has 0 aromatic heterocycles. The Morgan fingerprint density at radius 1 is 1.19 bits per heavy atom. The topological polar surface area (TPSA) is 64.4 Å². The Kier molecular flexibility index (Phi) is 3.82. The molecular formula is C12H22N2O2. The Morgan fingerprint density at radius 3 is 2.62 bits per heavy atom. The molecule has 1 aliphatic carbocycles. The number of carbonyl (C=O) groups is 1. The largest absolute Gasteiger partial charge is 0.381 e. The predicted molar refractivity (Wildman–Crippen MR) is 62.0 cm³/mol. The number of carbonyl (C=O) groups excluding carboxylic acids is 1.